The van der Waals surface area contributed by atoms with Crippen LogP contribution in [0.15, 0.2) is 12.3 Å². The van der Waals surface area contributed by atoms with E-state index in [0.29, 0.717) is 17.8 Å². The molecule has 2 rings (SSSR count). The van der Waals surface area contributed by atoms with E-state index in [-0.39, 0.29) is 0 Å². The summed E-state index contributed by atoms with van der Waals surface area (Å²) in [6.07, 6.45) is 1.45. The van der Waals surface area contributed by atoms with E-state index < -0.39 is 15.2 Å². The molecule has 6 nitrogen and oxygen atoms in total. The smallest absolute Gasteiger partial charge is 0.423 e. The van der Waals surface area contributed by atoms with E-state index in [1.54, 1.807) is 10.7 Å². The number of ether oxygens (including phenoxy) is 1. The Morgan fingerprint density at radius 1 is 1.33 bits per heavy atom. The van der Waals surface area contributed by atoms with Crippen LogP contribution in [0.2, 0.25) is 25.7 Å². The van der Waals surface area contributed by atoms with E-state index in [9.17, 15) is 10.0 Å². The van der Waals surface area contributed by atoms with Crippen LogP contribution in [-0.2, 0) is 11.5 Å². The lowest BCUT2D eigenvalue weighted by Gasteiger charge is -2.15. The van der Waals surface area contributed by atoms with Crippen LogP contribution in [0, 0.1) is 6.92 Å². The molecule has 21 heavy (non-hydrogen) atoms. The summed E-state index contributed by atoms with van der Waals surface area (Å²) < 4.78 is 7.40. The van der Waals surface area contributed by atoms with Crippen LogP contribution in [0.1, 0.15) is 5.69 Å². The summed E-state index contributed by atoms with van der Waals surface area (Å²) in [5.41, 5.74) is 1.86. The number of hydrogen-bond acceptors (Lipinski definition) is 5. The molecule has 2 N–H and O–H groups in total. The fourth-order valence-electron chi connectivity index (χ4n) is 1.99. The van der Waals surface area contributed by atoms with Crippen LogP contribution in [0.25, 0.3) is 11.0 Å². The van der Waals surface area contributed by atoms with Crippen molar-refractivity contribution in [2.24, 2.45) is 0 Å². The van der Waals surface area contributed by atoms with Crippen molar-refractivity contribution in [3.63, 3.8) is 0 Å². The molecule has 0 atom stereocenters. The van der Waals surface area contributed by atoms with Crippen molar-refractivity contribution < 1.29 is 14.8 Å². The van der Waals surface area contributed by atoms with Gasteiger partial charge in [0.05, 0.1) is 5.69 Å². The van der Waals surface area contributed by atoms with Crippen molar-refractivity contribution in [1.29, 1.82) is 0 Å². The molecule has 0 saturated heterocycles. The van der Waals surface area contributed by atoms with E-state index in [1.807, 2.05) is 6.92 Å². The van der Waals surface area contributed by atoms with Gasteiger partial charge in [-0.3, -0.25) is 0 Å². The molecule has 0 bridgehead atoms. The largest absolute Gasteiger partial charge is 0.490 e. The van der Waals surface area contributed by atoms with E-state index in [4.69, 9.17) is 4.74 Å². The fraction of sp³-hybridized carbons (Fsp3) is 0.538. The van der Waals surface area contributed by atoms with E-state index in [0.717, 1.165) is 23.7 Å². The predicted octanol–water partition coefficient (Wildman–Crippen LogP) is 0.732. The van der Waals surface area contributed by atoms with Crippen LogP contribution in [0.3, 0.4) is 0 Å². The standard InChI is InChI=1S/C13H22BN3O3Si/c1-10-12-7-11(14(18)19)8-15-13(12)17(16-10)9-20-5-6-21(2,3)4/h7-8,18-19H,5-6,9H2,1-4H3. The molecule has 0 spiro atoms. The summed E-state index contributed by atoms with van der Waals surface area (Å²) >= 11 is 0. The summed E-state index contributed by atoms with van der Waals surface area (Å²) in [7, 11) is -2.61. The maximum absolute atomic E-state index is 9.20. The molecule has 0 aromatic carbocycles. The zero-order valence-corrected chi connectivity index (χ0v) is 14.0. The Balaban J connectivity index is 2.11. The lowest BCUT2D eigenvalue weighted by Crippen LogP contribution is -2.30. The SMILES string of the molecule is Cc1nn(COCC[Si](C)(C)C)c2ncc(B(O)O)cc12. The first-order chi connectivity index (χ1) is 9.78. The molecule has 0 aliphatic carbocycles. The number of fused-ring (bicyclic) bond motifs is 1. The summed E-state index contributed by atoms with van der Waals surface area (Å²) in [4.78, 5) is 4.26. The highest BCUT2D eigenvalue weighted by atomic mass is 28.3. The van der Waals surface area contributed by atoms with E-state index in [2.05, 4.69) is 29.7 Å². The maximum atomic E-state index is 9.20. The van der Waals surface area contributed by atoms with Crippen LogP contribution >= 0.6 is 0 Å². The molecule has 0 unspecified atom stereocenters. The van der Waals surface area contributed by atoms with Crippen molar-refractivity contribution in [2.45, 2.75) is 39.3 Å². The zero-order valence-electron chi connectivity index (χ0n) is 13.0. The van der Waals surface area contributed by atoms with Crippen LogP contribution < -0.4 is 5.46 Å². The molecule has 0 radical (unpaired) electrons. The Morgan fingerprint density at radius 2 is 2.05 bits per heavy atom. The molecule has 2 aromatic rings. The molecule has 0 fully saturated rings. The summed E-state index contributed by atoms with van der Waals surface area (Å²) in [6, 6.07) is 2.81. The van der Waals surface area contributed by atoms with Crippen LogP contribution in [0.4, 0.5) is 0 Å². The molecule has 2 heterocycles. The first kappa shape index (κ1) is 16.2. The Bertz CT molecular complexity index is 625. The van der Waals surface area contributed by atoms with E-state index in [1.165, 1.54) is 6.20 Å². The Morgan fingerprint density at radius 3 is 2.67 bits per heavy atom. The molecule has 114 valence electrons. The number of nitrogens with zero attached hydrogens (tertiary/aromatic N) is 3. The van der Waals surface area contributed by atoms with Gasteiger partial charge in [-0.1, -0.05) is 19.6 Å². The minimum atomic E-state index is -1.52. The van der Waals surface area contributed by atoms with Crippen molar-refractivity contribution in [3.05, 3.63) is 18.0 Å². The molecule has 2 aromatic heterocycles. The predicted molar refractivity (Wildman–Crippen MR) is 86.2 cm³/mol. The minimum absolute atomic E-state index is 0.364. The summed E-state index contributed by atoms with van der Waals surface area (Å²) in [5.74, 6) is 0. The minimum Gasteiger partial charge on any atom is -0.423 e. The summed E-state index contributed by atoms with van der Waals surface area (Å²) in [5, 5.41) is 23.6. The third-order valence-electron chi connectivity index (χ3n) is 3.30. The van der Waals surface area contributed by atoms with Gasteiger partial charge in [-0.2, -0.15) is 5.10 Å². The molecular formula is C13H22BN3O3Si. The van der Waals surface area contributed by atoms with Gasteiger partial charge in [-0.15, -0.1) is 0 Å². The van der Waals surface area contributed by atoms with Crippen molar-refractivity contribution >= 4 is 31.7 Å². The average molecular weight is 307 g/mol. The van der Waals surface area contributed by atoms with E-state index >= 15 is 0 Å². The maximum Gasteiger partial charge on any atom is 0.490 e. The lowest BCUT2D eigenvalue weighted by molar-refractivity contribution is 0.0811. The quantitative estimate of drug-likeness (QED) is 0.607. The number of rotatable bonds is 6. The number of hydrogen-bond donors (Lipinski definition) is 2. The molecular weight excluding hydrogens is 285 g/mol. The highest BCUT2D eigenvalue weighted by Crippen LogP contribution is 2.15. The number of aryl methyl sites for hydroxylation is 1. The Hall–Kier alpha value is -1.22. The fourth-order valence-corrected chi connectivity index (χ4v) is 2.75. The van der Waals surface area contributed by atoms with Crippen molar-refractivity contribution in [1.82, 2.24) is 14.8 Å². The highest BCUT2D eigenvalue weighted by molar-refractivity contribution is 6.76. The normalized spacial score (nSPS) is 12.1. The molecule has 0 amide bonds. The molecule has 0 saturated carbocycles. The molecule has 8 heteroatoms. The highest BCUT2D eigenvalue weighted by Gasteiger charge is 2.16. The zero-order chi connectivity index (χ0) is 15.6. The average Bonchev–Trinajstić information content (AvgIpc) is 2.70. The van der Waals surface area contributed by atoms with Crippen LogP contribution in [-0.4, -0.2) is 46.6 Å². The first-order valence-electron chi connectivity index (χ1n) is 7.05. The van der Waals surface area contributed by atoms with Gasteiger partial charge in [0.15, 0.2) is 5.65 Å². The number of pyridine rings is 1. The van der Waals surface area contributed by atoms with Gasteiger partial charge >= 0.3 is 7.12 Å². The third-order valence-corrected chi connectivity index (χ3v) is 5.01. The third kappa shape index (κ3) is 4.13. The number of aromatic nitrogens is 3. The second-order valence-electron chi connectivity index (χ2n) is 6.45. The monoisotopic (exact) mass is 307 g/mol. The first-order valence-corrected chi connectivity index (χ1v) is 10.8. The van der Waals surface area contributed by atoms with Crippen LogP contribution in [0.5, 0.6) is 0 Å². The Kier molecular flexibility index (Phi) is 4.82. The molecule has 0 aliphatic heterocycles. The lowest BCUT2D eigenvalue weighted by atomic mass is 9.81. The topological polar surface area (TPSA) is 80.4 Å². The van der Waals surface area contributed by atoms with Crippen molar-refractivity contribution in [3.8, 4) is 0 Å². The van der Waals surface area contributed by atoms with Crippen molar-refractivity contribution in [2.75, 3.05) is 6.61 Å². The molecule has 0 aliphatic rings. The summed E-state index contributed by atoms with van der Waals surface area (Å²) in [6.45, 7) is 9.90. The van der Waals surface area contributed by atoms with Gasteiger partial charge in [-0.25, -0.2) is 9.67 Å². The second-order valence-corrected chi connectivity index (χ2v) is 12.1. The van der Waals surface area contributed by atoms with Gasteiger partial charge in [0.2, 0.25) is 0 Å². The van der Waals surface area contributed by atoms with Gasteiger partial charge in [-0.05, 0) is 19.0 Å². The van der Waals surface area contributed by atoms with Gasteiger partial charge < -0.3 is 14.8 Å². The second kappa shape index (κ2) is 6.27. The van der Waals surface area contributed by atoms with Gasteiger partial charge in [0.25, 0.3) is 0 Å². The van der Waals surface area contributed by atoms with Gasteiger partial charge in [0, 0.05) is 31.7 Å². The van der Waals surface area contributed by atoms with Gasteiger partial charge in [0.1, 0.15) is 6.73 Å². The Labute approximate surface area is 125 Å².